The van der Waals surface area contributed by atoms with Crippen LogP contribution in [-0.4, -0.2) is 5.91 Å². The van der Waals surface area contributed by atoms with Crippen LogP contribution in [-0.2, 0) is 4.79 Å². The Morgan fingerprint density at radius 1 is 1.05 bits per heavy atom. The molecular formula is C17H17NO2. The standard InChI is InChI=1S/C17H17NO2/c1-12-11-16(12)17(19)18-13-7-9-15(10-8-13)20-14-5-3-2-4-6-14/h2-10,12,16H,11H2,1H3,(H,18,19). The molecule has 1 aliphatic carbocycles. The molecule has 102 valence electrons. The van der Waals surface area contributed by atoms with Gasteiger partial charge in [0, 0.05) is 11.6 Å². The van der Waals surface area contributed by atoms with Gasteiger partial charge in [-0.05, 0) is 48.7 Å². The van der Waals surface area contributed by atoms with E-state index in [1.807, 2.05) is 54.6 Å². The Bertz CT molecular complexity index is 592. The van der Waals surface area contributed by atoms with Crippen LogP contribution >= 0.6 is 0 Å². The van der Waals surface area contributed by atoms with Crippen molar-refractivity contribution >= 4 is 11.6 Å². The number of carbonyl (C=O) groups is 1. The minimum Gasteiger partial charge on any atom is -0.457 e. The average molecular weight is 267 g/mol. The van der Waals surface area contributed by atoms with Crippen LogP contribution in [0.1, 0.15) is 13.3 Å². The normalized spacial score (nSPS) is 20.2. The topological polar surface area (TPSA) is 38.3 Å². The molecule has 0 saturated heterocycles. The Kier molecular flexibility index (Phi) is 3.42. The molecule has 2 unspecified atom stereocenters. The molecule has 2 atom stereocenters. The number of nitrogens with one attached hydrogen (secondary N) is 1. The zero-order chi connectivity index (χ0) is 13.9. The smallest absolute Gasteiger partial charge is 0.227 e. The Hall–Kier alpha value is -2.29. The lowest BCUT2D eigenvalue weighted by Gasteiger charge is -2.07. The van der Waals surface area contributed by atoms with Crippen molar-refractivity contribution < 1.29 is 9.53 Å². The van der Waals surface area contributed by atoms with E-state index in [-0.39, 0.29) is 11.8 Å². The molecule has 1 fully saturated rings. The summed E-state index contributed by atoms with van der Waals surface area (Å²) < 4.78 is 5.70. The van der Waals surface area contributed by atoms with Gasteiger partial charge in [-0.2, -0.15) is 0 Å². The number of hydrogen-bond donors (Lipinski definition) is 1. The molecule has 0 aromatic heterocycles. The van der Waals surface area contributed by atoms with Crippen molar-refractivity contribution in [2.24, 2.45) is 11.8 Å². The molecule has 0 heterocycles. The van der Waals surface area contributed by atoms with Gasteiger partial charge in [-0.3, -0.25) is 4.79 Å². The fraction of sp³-hybridized carbons (Fsp3) is 0.235. The van der Waals surface area contributed by atoms with Crippen LogP contribution in [0.2, 0.25) is 0 Å². The molecule has 2 aromatic carbocycles. The van der Waals surface area contributed by atoms with Crippen molar-refractivity contribution in [3.05, 3.63) is 54.6 Å². The van der Waals surface area contributed by atoms with E-state index in [9.17, 15) is 4.79 Å². The molecule has 3 rings (SSSR count). The maximum absolute atomic E-state index is 11.8. The third-order valence-corrected chi connectivity index (χ3v) is 3.55. The van der Waals surface area contributed by atoms with Crippen molar-refractivity contribution in [1.29, 1.82) is 0 Å². The largest absolute Gasteiger partial charge is 0.457 e. The summed E-state index contributed by atoms with van der Waals surface area (Å²) in [5.41, 5.74) is 0.814. The molecule has 1 aliphatic rings. The number of benzene rings is 2. The second kappa shape index (κ2) is 5.37. The van der Waals surface area contributed by atoms with E-state index in [4.69, 9.17) is 4.74 Å². The molecule has 0 radical (unpaired) electrons. The van der Waals surface area contributed by atoms with E-state index in [2.05, 4.69) is 12.2 Å². The molecule has 20 heavy (non-hydrogen) atoms. The van der Waals surface area contributed by atoms with Gasteiger partial charge >= 0.3 is 0 Å². The minimum absolute atomic E-state index is 0.120. The summed E-state index contributed by atoms with van der Waals surface area (Å²) in [6.07, 6.45) is 1.00. The molecule has 3 heteroatoms. The summed E-state index contributed by atoms with van der Waals surface area (Å²) in [6, 6.07) is 17.1. The van der Waals surface area contributed by atoms with Crippen molar-refractivity contribution in [2.45, 2.75) is 13.3 Å². The van der Waals surface area contributed by atoms with Crippen LogP contribution in [0.5, 0.6) is 11.5 Å². The quantitative estimate of drug-likeness (QED) is 0.906. The van der Waals surface area contributed by atoms with E-state index in [1.54, 1.807) is 0 Å². The highest BCUT2D eigenvalue weighted by molar-refractivity contribution is 5.94. The molecule has 2 aromatic rings. The molecule has 3 nitrogen and oxygen atoms in total. The van der Waals surface area contributed by atoms with Gasteiger partial charge in [0.1, 0.15) is 11.5 Å². The second-order valence-electron chi connectivity index (χ2n) is 5.25. The van der Waals surface area contributed by atoms with Gasteiger partial charge < -0.3 is 10.1 Å². The van der Waals surface area contributed by atoms with E-state index < -0.39 is 0 Å². The first kappa shape index (κ1) is 12.7. The van der Waals surface area contributed by atoms with Crippen molar-refractivity contribution in [2.75, 3.05) is 5.32 Å². The number of hydrogen-bond acceptors (Lipinski definition) is 2. The van der Waals surface area contributed by atoms with Gasteiger partial charge in [0.25, 0.3) is 0 Å². The van der Waals surface area contributed by atoms with Gasteiger partial charge in [-0.1, -0.05) is 25.1 Å². The Balaban J connectivity index is 1.61. The maximum atomic E-state index is 11.8. The third kappa shape index (κ3) is 2.99. The summed E-state index contributed by atoms with van der Waals surface area (Å²) in [7, 11) is 0. The fourth-order valence-electron chi connectivity index (χ4n) is 2.15. The zero-order valence-electron chi connectivity index (χ0n) is 11.4. The maximum Gasteiger partial charge on any atom is 0.227 e. The summed E-state index contributed by atoms with van der Waals surface area (Å²) in [6.45, 7) is 2.10. The number of amides is 1. The number of anilines is 1. The molecule has 0 bridgehead atoms. The zero-order valence-corrected chi connectivity index (χ0v) is 11.4. The van der Waals surface area contributed by atoms with Gasteiger partial charge in [-0.15, -0.1) is 0 Å². The molecular weight excluding hydrogens is 250 g/mol. The molecule has 0 aliphatic heterocycles. The van der Waals surface area contributed by atoms with Crippen molar-refractivity contribution in [1.82, 2.24) is 0 Å². The van der Waals surface area contributed by atoms with Crippen LogP contribution < -0.4 is 10.1 Å². The Labute approximate surface area is 118 Å². The highest BCUT2D eigenvalue weighted by Gasteiger charge is 2.38. The van der Waals surface area contributed by atoms with Gasteiger partial charge in [0.15, 0.2) is 0 Å². The van der Waals surface area contributed by atoms with Crippen molar-refractivity contribution in [3.63, 3.8) is 0 Å². The molecule has 1 saturated carbocycles. The number of rotatable bonds is 4. The predicted octanol–water partition coefficient (Wildman–Crippen LogP) is 4.07. The number of para-hydroxylation sites is 1. The second-order valence-corrected chi connectivity index (χ2v) is 5.25. The van der Waals surface area contributed by atoms with E-state index in [0.29, 0.717) is 5.92 Å². The third-order valence-electron chi connectivity index (χ3n) is 3.55. The summed E-state index contributed by atoms with van der Waals surface area (Å²) >= 11 is 0. The summed E-state index contributed by atoms with van der Waals surface area (Å²) in [5.74, 6) is 2.39. The van der Waals surface area contributed by atoms with E-state index in [1.165, 1.54) is 0 Å². The molecule has 1 N–H and O–H groups in total. The summed E-state index contributed by atoms with van der Waals surface area (Å²) in [4.78, 5) is 11.8. The first-order chi connectivity index (χ1) is 9.72. The molecule has 1 amide bonds. The Morgan fingerprint density at radius 3 is 2.25 bits per heavy atom. The molecule has 0 spiro atoms. The predicted molar refractivity (Wildman–Crippen MR) is 78.9 cm³/mol. The SMILES string of the molecule is CC1CC1C(=O)Nc1ccc(Oc2ccccc2)cc1. The lowest BCUT2D eigenvalue weighted by Crippen LogP contribution is -2.14. The van der Waals surface area contributed by atoms with Crippen LogP contribution in [0.15, 0.2) is 54.6 Å². The monoisotopic (exact) mass is 267 g/mol. The fourth-order valence-corrected chi connectivity index (χ4v) is 2.15. The number of ether oxygens (including phenoxy) is 1. The first-order valence-corrected chi connectivity index (χ1v) is 6.86. The van der Waals surface area contributed by atoms with Crippen molar-refractivity contribution in [3.8, 4) is 11.5 Å². The van der Waals surface area contributed by atoms with Crippen LogP contribution in [0.25, 0.3) is 0 Å². The lowest BCUT2D eigenvalue weighted by molar-refractivity contribution is -0.117. The lowest BCUT2D eigenvalue weighted by atomic mass is 10.2. The highest BCUT2D eigenvalue weighted by Crippen LogP contribution is 2.38. The van der Waals surface area contributed by atoms with Gasteiger partial charge in [-0.25, -0.2) is 0 Å². The van der Waals surface area contributed by atoms with Gasteiger partial charge in [0.05, 0.1) is 0 Å². The van der Waals surface area contributed by atoms with Crippen LogP contribution in [0, 0.1) is 11.8 Å². The first-order valence-electron chi connectivity index (χ1n) is 6.86. The van der Waals surface area contributed by atoms with Crippen LogP contribution in [0.4, 0.5) is 5.69 Å². The number of carbonyl (C=O) groups excluding carboxylic acids is 1. The van der Waals surface area contributed by atoms with Crippen LogP contribution in [0.3, 0.4) is 0 Å². The Morgan fingerprint density at radius 2 is 1.65 bits per heavy atom. The minimum atomic E-state index is 0.120. The van der Waals surface area contributed by atoms with E-state index >= 15 is 0 Å². The van der Waals surface area contributed by atoms with Gasteiger partial charge in [0.2, 0.25) is 5.91 Å². The average Bonchev–Trinajstić information content (AvgIpc) is 3.19. The van der Waals surface area contributed by atoms with E-state index in [0.717, 1.165) is 23.6 Å². The highest BCUT2D eigenvalue weighted by atomic mass is 16.5. The summed E-state index contributed by atoms with van der Waals surface area (Å²) in [5, 5.41) is 2.93.